The molecule has 1 aromatic heterocycles. The van der Waals surface area contributed by atoms with Gasteiger partial charge in [0.05, 0.1) is 36.2 Å². The number of nitrogens with zero attached hydrogens (tertiary/aromatic N) is 4. The number of likely N-dealkylation sites (tertiary alicyclic amines) is 1. The van der Waals surface area contributed by atoms with Crippen LogP contribution in [-0.4, -0.2) is 61.0 Å². The average molecular weight is 460 g/mol. The highest BCUT2D eigenvalue weighted by molar-refractivity contribution is 6.14. The smallest absolute Gasteiger partial charge is 0.416 e. The molecule has 4 rings (SSSR count). The molecule has 2 aliphatic heterocycles. The van der Waals surface area contributed by atoms with Crippen molar-refractivity contribution < 1.29 is 22.7 Å². The number of anilines is 2. The maximum absolute atomic E-state index is 13.3. The van der Waals surface area contributed by atoms with Gasteiger partial charge in [0.15, 0.2) is 0 Å². The number of methoxy groups -OCH3 is 1. The second-order valence-corrected chi connectivity index (χ2v) is 7.89. The number of rotatable bonds is 6. The van der Waals surface area contributed by atoms with Crippen molar-refractivity contribution in [3.63, 3.8) is 0 Å². The van der Waals surface area contributed by atoms with Gasteiger partial charge in [-0.25, -0.2) is 4.98 Å². The van der Waals surface area contributed by atoms with Gasteiger partial charge < -0.3 is 19.9 Å². The van der Waals surface area contributed by atoms with E-state index in [4.69, 9.17) is 10.1 Å². The van der Waals surface area contributed by atoms with Gasteiger partial charge in [-0.3, -0.25) is 10.2 Å². The Kier molecular flexibility index (Phi) is 6.21. The summed E-state index contributed by atoms with van der Waals surface area (Å²) in [6.45, 7) is 1.56. The Labute approximate surface area is 188 Å². The number of carbonyl (C=O) groups is 1. The van der Waals surface area contributed by atoms with Crippen LogP contribution >= 0.6 is 0 Å². The summed E-state index contributed by atoms with van der Waals surface area (Å²) in [5, 5.41) is 10.9. The largest absolute Gasteiger partial charge is 0.497 e. The summed E-state index contributed by atoms with van der Waals surface area (Å²) in [5.41, 5.74) is 2.85. The molecular weight excluding hydrogens is 437 g/mol. The second-order valence-electron chi connectivity index (χ2n) is 7.89. The number of hydrogen-bond donors (Lipinski definition) is 2. The number of aromatic nitrogens is 1. The van der Waals surface area contributed by atoms with Crippen LogP contribution in [0.1, 0.15) is 22.3 Å². The molecule has 11 heteroatoms. The van der Waals surface area contributed by atoms with Crippen LogP contribution in [0.5, 0.6) is 5.75 Å². The molecule has 1 amide bonds. The van der Waals surface area contributed by atoms with Crippen molar-refractivity contribution in [3.8, 4) is 5.75 Å². The maximum Gasteiger partial charge on any atom is 0.416 e. The van der Waals surface area contributed by atoms with Gasteiger partial charge in [-0.05, 0) is 30.7 Å². The number of benzene rings is 1. The second kappa shape index (κ2) is 9.08. The zero-order chi connectivity index (χ0) is 23.6. The molecule has 2 fully saturated rings. The Balaban J connectivity index is 1.52. The number of carbonyl (C=O) groups excluding carboxylic acids is 1. The molecule has 3 heterocycles. The van der Waals surface area contributed by atoms with Crippen LogP contribution in [0.2, 0.25) is 0 Å². The fourth-order valence-electron chi connectivity index (χ4n) is 4.24. The van der Waals surface area contributed by atoms with E-state index in [1.165, 1.54) is 19.5 Å². The van der Waals surface area contributed by atoms with Gasteiger partial charge >= 0.3 is 6.18 Å². The number of fused-ring (bicyclic) bond motifs is 1. The van der Waals surface area contributed by atoms with Crippen molar-refractivity contribution in [2.45, 2.75) is 18.6 Å². The Morgan fingerprint density at radius 2 is 2.12 bits per heavy atom. The van der Waals surface area contributed by atoms with E-state index in [9.17, 15) is 18.0 Å². The van der Waals surface area contributed by atoms with Gasteiger partial charge in [0.2, 0.25) is 0 Å². The molecule has 174 valence electrons. The van der Waals surface area contributed by atoms with Gasteiger partial charge in [0, 0.05) is 44.0 Å². The van der Waals surface area contributed by atoms with E-state index in [0.717, 1.165) is 24.8 Å². The quantitative estimate of drug-likeness (QED) is 0.508. The van der Waals surface area contributed by atoms with Crippen LogP contribution in [0.3, 0.4) is 0 Å². The molecule has 2 N–H and O–H groups in total. The third kappa shape index (κ3) is 4.62. The Morgan fingerprint density at radius 3 is 2.85 bits per heavy atom. The molecule has 0 spiro atoms. The van der Waals surface area contributed by atoms with Crippen molar-refractivity contribution in [1.29, 1.82) is 5.41 Å². The number of ether oxygens (including phenoxy) is 1. The van der Waals surface area contributed by atoms with E-state index in [0.29, 0.717) is 42.6 Å². The van der Waals surface area contributed by atoms with Crippen molar-refractivity contribution in [1.82, 2.24) is 9.88 Å². The van der Waals surface area contributed by atoms with E-state index < -0.39 is 11.7 Å². The molecule has 0 aliphatic carbocycles. The molecule has 2 aromatic rings. The molecular formula is C22H23F3N6O2. The molecule has 8 nitrogen and oxygen atoms in total. The fraction of sp³-hybridized carbons (Fsp3) is 0.364. The predicted octanol–water partition coefficient (Wildman–Crippen LogP) is 3.51. The first-order valence-electron chi connectivity index (χ1n) is 10.4. The van der Waals surface area contributed by atoms with Crippen molar-refractivity contribution in [2.24, 2.45) is 11.0 Å². The monoisotopic (exact) mass is 460 g/mol. The summed E-state index contributed by atoms with van der Waals surface area (Å²) in [7, 11) is 1.51. The lowest BCUT2D eigenvalue weighted by Gasteiger charge is -2.54. The summed E-state index contributed by atoms with van der Waals surface area (Å²) in [6, 6.07) is 6.88. The standard InChI is InChI=1S/C22H23F3N6O2/c1-33-16-2-3-17(18(11-16)29-28-8-6-26)21(32)30-9-5-14-12-31(19(14)13-30)20-10-15(4-7-27-20)22(23,24)25/h2-4,6-8,10-11,14,19,26,29H,5,9,12-13H2,1H3/b26-6?,28-8-. The molecule has 2 aliphatic rings. The lowest BCUT2D eigenvalue weighted by molar-refractivity contribution is -0.137. The molecule has 2 unspecified atom stereocenters. The predicted molar refractivity (Wildman–Crippen MR) is 118 cm³/mol. The van der Waals surface area contributed by atoms with Crippen LogP contribution in [0.4, 0.5) is 24.7 Å². The van der Waals surface area contributed by atoms with E-state index in [-0.39, 0.29) is 17.8 Å². The highest BCUT2D eigenvalue weighted by atomic mass is 19.4. The van der Waals surface area contributed by atoms with Crippen molar-refractivity contribution >= 4 is 29.8 Å². The first-order chi connectivity index (χ1) is 15.8. The number of piperidine rings is 1. The summed E-state index contributed by atoms with van der Waals surface area (Å²) in [4.78, 5) is 21.0. The Bertz CT molecular complexity index is 1070. The SMILES string of the molecule is COc1ccc(C(=O)N2CCC3CN(c4cc(C(F)(F)F)ccn4)C3C2)c(N/N=C\C=N)c1. The molecule has 0 bridgehead atoms. The Morgan fingerprint density at radius 1 is 1.30 bits per heavy atom. The van der Waals surface area contributed by atoms with Crippen LogP contribution < -0.4 is 15.1 Å². The van der Waals surface area contributed by atoms with Gasteiger partial charge in [0.25, 0.3) is 5.91 Å². The van der Waals surface area contributed by atoms with Gasteiger partial charge in [-0.2, -0.15) is 18.3 Å². The molecule has 1 aromatic carbocycles. The zero-order valence-corrected chi connectivity index (χ0v) is 17.8. The lowest BCUT2D eigenvalue weighted by atomic mass is 9.82. The number of hydrazone groups is 1. The minimum Gasteiger partial charge on any atom is -0.497 e. The van der Waals surface area contributed by atoms with Crippen molar-refractivity contribution in [3.05, 3.63) is 47.7 Å². The fourth-order valence-corrected chi connectivity index (χ4v) is 4.24. The zero-order valence-electron chi connectivity index (χ0n) is 17.8. The summed E-state index contributed by atoms with van der Waals surface area (Å²) in [6.07, 6.45) is -0.257. The maximum atomic E-state index is 13.3. The lowest BCUT2D eigenvalue weighted by Crippen LogP contribution is -2.65. The van der Waals surface area contributed by atoms with Gasteiger partial charge in [-0.1, -0.05) is 0 Å². The third-order valence-corrected chi connectivity index (χ3v) is 6.00. The average Bonchev–Trinajstić information content (AvgIpc) is 2.79. The van der Waals surface area contributed by atoms with E-state index >= 15 is 0 Å². The topological polar surface area (TPSA) is 93.9 Å². The molecule has 2 atom stereocenters. The normalized spacial score (nSPS) is 20.2. The number of alkyl halides is 3. The first kappa shape index (κ1) is 22.6. The van der Waals surface area contributed by atoms with Crippen LogP contribution in [0, 0.1) is 11.3 Å². The van der Waals surface area contributed by atoms with Crippen LogP contribution in [0.15, 0.2) is 41.6 Å². The molecule has 0 saturated carbocycles. The van der Waals surface area contributed by atoms with E-state index in [1.807, 2.05) is 4.90 Å². The number of nitrogens with one attached hydrogen (secondary N) is 2. The van der Waals surface area contributed by atoms with Crippen molar-refractivity contribution in [2.75, 3.05) is 37.1 Å². The number of amides is 1. The number of halogens is 3. The first-order valence-corrected chi connectivity index (χ1v) is 10.4. The van der Waals surface area contributed by atoms with Crippen LogP contribution in [-0.2, 0) is 6.18 Å². The number of hydrogen-bond acceptors (Lipinski definition) is 7. The van der Waals surface area contributed by atoms with E-state index in [2.05, 4.69) is 15.5 Å². The summed E-state index contributed by atoms with van der Waals surface area (Å²) >= 11 is 0. The van der Waals surface area contributed by atoms with E-state index in [1.54, 1.807) is 23.1 Å². The Hall–Kier alpha value is -3.63. The number of pyridine rings is 1. The summed E-state index contributed by atoms with van der Waals surface area (Å²) in [5.74, 6) is 0.898. The highest BCUT2D eigenvalue weighted by Crippen LogP contribution is 2.38. The van der Waals surface area contributed by atoms with Crippen LogP contribution in [0.25, 0.3) is 0 Å². The molecule has 0 radical (unpaired) electrons. The minimum absolute atomic E-state index is 0.0933. The molecule has 33 heavy (non-hydrogen) atoms. The highest BCUT2D eigenvalue weighted by Gasteiger charge is 2.45. The minimum atomic E-state index is -4.44. The van der Waals surface area contributed by atoms with Gasteiger partial charge in [-0.15, -0.1) is 0 Å². The van der Waals surface area contributed by atoms with Gasteiger partial charge in [0.1, 0.15) is 11.6 Å². The molecule has 2 saturated heterocycles. The third-order valence-electron chi connectivity index (χ3n) is 6.00. The summed E-state index contributed by atoms with van der Waals surface area (Å²) < 4.78 is 44.5.